The van der Waals surface area contributed by atoms with Crippen LogP contribution >= 0.6 is 11.8 Å². The number of fused-ring (bicyclic) bond motifs is 2. The summed E-state index contributed by atoms with van der Waals surface area (Å²) in [5.74, 6) is 0.209. The topological polar surface area (TPSA) is 64.3 Å². The van der Waals surface area contributed by atoms with Gasteiger partial charge in [-0.3, -0.25) is 4.79 Å². The molecule has 0 fully saturated rings. The van der Waals surface area contributed by atoms with Gasteiger partial charge in [-0.15, -0.1) is 0 Å². The van der Waals surface area contributed by atoms with Gasteiger partial charge in [0.15, 0.2) is 0 Å². The molecule has 4 rings (SSSR count). The molecule has 2 aromatic carbocycles. The van der Waals surface area contributed by atoms with E-state index in [0.717, 1.165) is 11.3 Å². The molecule has 2 unspecified atom stereocenters. The molecule has 0 saturated heterocycles. The van der Waals surface area contributed by atoms with Gasteiger partial charge in [-0.1, -0.05) is 30.0 Å². The number of carbonyl (C=O) groups is 1. The number of hydrogen-bond acceptors (Lipinski definition) is 5. The largest absolute Gasteiger partial charge is 0.426 e. The summed E-state index contributed by atoms with van der Waals surface area (Å²) >= 11 is 1.69. The quantitative estimate of drug-likeness (QED) is 0.481. The lowest BCUT2D eigenvalue weighted by atomic mass is 9.95. The number of benzene rings is 2. The molecule has 0 bridgehead atoms. The van der Waals surface area contributed by atoms with Crippen LogP contribution in [-0.2, 0) is 11.2 Å². The summed E-state index contributed by atoms with van der Waals surface area (Å²) in [7, 11) is 0. The van der Waals surface area contributed by atoms with Crippen molar-refractivity contribution in [2.24, 2.45) is 5.92 Å². The lowest BCUT2D eigenvalue weighted by molar-refractivity contribution is -0.139. The Kier molecular flexibility index (Phi) is 2.82. The van der Waals surface area contributed by atoms with Crippen LogP contribution < -0.4 is 15.8 Å². The number of esters is 1. The highest BCUT2D eigenvalue weighted by Crippen LogP contribution is 2.43. The van der Waals surface area contributed by atoms with Crippen molar-refractivity contribution in [1.29, 1.82) is 0 Å². The molecule has 2 heterocycles. The van der Waals surface area contributed by atoms with Gasteiger partial charge in [-0.2, -0.15) is 0 Å². The van der Waals surface area contributed by atoms with Gasteiger partial charge in [0.2, 0.25) is 0 Å². The van der Waals surface area contributed by atoms with Crippen molar-refractivity contribution < 1.29 is 9.53 Å². The first-order valence-electron chi connectivity index (χ1n) is 6.83. The Morgan fingerprint density at radius 2 is 2.10 bits per heavy atom. The van der Waals surface area contributed by atoms with E-state index in [1.54, 1.807) is 17.8 Å². The Morgan fingerprint density at radius 3 is 2.95 bits per heavy atom. The number of ether oxygens (including phenoxy) is 1. The molecule has 0 aromatic heterocycles. The normalized spacial score (nSPS) is 23.0. The van der Waals surface area contributed by atoms with E-state index in [2.05, 4.69) is 11.4 Å². The van der Waals surface area contributed by atoms with E-state index in [0.29, 0.717) is 17.9 Å². The summed E-state index contributed by atoms with van der Waals surface area (Å²) in [6.07, 6.45) is 0.674. The molecule has 4 nitrogen and oxygen atoms in total. The van der Waals surface area contributed by atoms with Crippen LogP contribution in [0.2, 0.25) is 0 Å². The maximum Gasteiger partial charge on any atom is 0.317 e. The Hall–Kier alpha value is -2.14. The summed E-state index contributed by atoms with van der Waals surface area (Å²) in [4.78, 5) is 13.5. The Balaban J connectivity index is 1.60. The van der Waals surface area contributed by atoms with Gasteiger partial charge in [0.1, 0.15) is 5.75 Å². The van der Waals surface area contributed by atoms with Gasteiger partial charge in [-0.25, -0.2) is 0 Å². The van der Waals surface area contributed by atoms with Crippen LogP contribution in [0.1, 0.15) is 5.56 Å². The number of hydrogen-bond donors (Lipinski definition) is 2. The highest BCUT2D eigenvalue weighted by atomic mass is 32.2. The molecule has 3 N–H and O–H groups in total. The zero-order valence-electron chi connectivity index (χ0n) is 11.2. The van der Waals surface area contributed by atoms with Gasteiger partial charge >= 0.3 is 5.97 Å². The fourth-order valence-electron chi connectivity index (χ4n) is 2.76. The first-order valence-corrected chi connectivity index (χ1v) is 7.71. The summed E-state index contributed by atoms with van der Waals surface area (Å²) in [6, 6.07) is 13.6. The third-order valence-corrected chi connectivity index (χ3v) is 5.16. The minimum atomic E-state index is -0.196. The molecule has 0 amide bonds. The minimum absolute atomic E-state index is 0.0144. The molecule has 2 aliphatic heterocycles. The molecule has 2 atom stereocenters. The van der Waals surface area contributed by atoms with Crippen LogP contribution in [0.25, 0.3) is 0 Å². The Labute approximate surface area is 126 Å². The third-order valence-electron chi connectivity index (χ3n) is 3.85. The first-order chi connectivity index (χ1) is 10.2. The smallest absolute Gasteiger partial charge is 0.317 e. The number of anilines is 2. The lowest BCUT2D eigenvalue weighted by Gasteiger charge is -2.27. The summed E-state index contributed by atoms with van der Waals surface area (Å²) in [6.45, 7) is 0. The van der Waals surface area contributed by atoms with Crippen molar-refractivity contribution in [3.8, 4) is 5.75 Å². The van der Waals surface area contributed by atoms with Crippen LogP contribution in [0.4, 0.5) is 11.4 Å². The molecule has 0 aliphatic carbocycles. The Morgan fingerprint density at radius 1 is 1.24 bits per heavy atom. The molecule has 106 valence electrons. The number of nitrogen functional groups attached to an aromatic ring is 1. The van der Waals surface area contributed by atoms with Gasteiger partial charge in [-0.05, 0) is 30.2 Å². The molecule has 5 heteroatoms. The Bertz CT molecular complexity index is 707. The van der Waals surface area contributed by atoms with Gasteiger partial charge in [0.05, 0.1) is 11.3 Å². The maximum atomic E-state index is 12.3. The van der Waals surface area contributed by atoms with E-state index in [-0.39, 0.29) is 17.3 Å². The molecule has 0 saturated carbocycles. The lowest BCUT2D eigenvalue weighted by Crippen LogP contribution is -2.37. The molecule has 0 radical (unpaired) electrons. The number of nitrogens with one attached hydrogen (secondary N) is 1. The number of para-hydroxylation sites is 1. The third kappa shape index (κ3) is 2.14. The highest BCUT2D eigenvalue weighted by molar-refractivity contribution is 8.00. The van der Waals surface area contributed by atoms with Gasteiger partial charge in [0, 0.05) is 22.3 Å². The van der Waals surface area contributed by atoms with Crippen molar-refractivity contribution in [3.63, 3.8) is 0 Å². The van der Waals surface area contributed by atoms with E-state index in [4.69, 9.17) is 10.5 Å². The molecule has 21 heavy (non-hydrogen) atoms. The monoisotopic (exact) mass is 298 g/mol. The standard InChI is InChI=1S/C16H14N2O2S/c17-10-6-5-9-7-11(16(19)20-13(9)8-10)15-18-12-3-1-2-4-14(12)21-15/h1-6,8,11,15,18H,7,17H2. The SMILES string of the molecule is Nc1ccc2c(c1)OC(=O)C(C1Nc3ccccc3S1)C2. The van der Waals surface area contributed by atoms with Gasteiger partial charge < -0.3 is 15.8 Å². The summed E-state index contributed by atoms with van der Waals surface area (Å²) < 4.78 is 5.46. The van der Waals surface area contributed by atoms with Crippen LogP contribution in [0, 0.1) is 5.92 Å². The fourth-order valence-corrected chi connectivity index (χ4v) is 4.00. The van der Waals surface area contributed by atoms with Crippen molar-refractivity contribution in [3.05, 3.63) is 48.0 Å². The summed E-state index contributed by atoms with van der Waals surface area (Å²) in [5, 5.41) is 3.43. The number of rotatable bonds is 1. The van der Waals surface area contributed by atoms with E-state index in [1.807, 2.05) is 30.3 Å². The molecule has 0 spiro atoms. The van der Waals surface area contributed by atoms with Crippen LogP contribution in [0.3, 0.4) is 0 Å². The number of carbonyl (C=O) groups excluding carboxylic acids is 1. The van der Waals surface area contributed by atoms with E-state index in [1.165, 1.54) is 4.90 Å². The van der Waals surface area contributed by atoms with Crippen LogP contribution in [0.5, 0.6) is 5.75 Å². The molecular formula is C16H14N2O2S. The van der Waals surface area contributed by atoms with Gasteiger partial charge in [0.25, 0.3) is 0 Å². The van der Waals surface area contributed by atoms with Crippen molar-refractivity contribution in [2.45, 2.75) is 16.7 Å². The van der Waals surface area contributed by atoms with E-state index >= 15 is 0 Å². The fraction of sp³-hybridized carbons (Fsp3) is 0.188. The zero-order chi connectivity index (χ0) is 14.4. The van der Waals surface area contributed by atoms with E-state index in [9.17, 15) is 4.79 Å². The average Bonchev–Trinajstić information content (AvgIpc) is 2.90. The second kappa shape index (κ2) is 4.70. The number of nitrogens with two attached hydrogens (primary N) is 1. The second-order valence-electron chi connectivity index (χ2n) is 5.28. The first kappa shape index (κ1) is 12.6. The van der Waals surface area contributed by atoms with Crippen molar-refractivity contribution >= 4 is 29.1 Å². The van der Waals surface area contributed by atoms with Crippen molar-refractivity contribution in [2.75, 3.05) is 11.1 Å². The predicted molar refractivity (Wildman–Crippen MR) is 83.4 cm³/mol. The zero-order valence-corrected chi connectivity index (χ0v) is 12.0. The van der Waals surface area contributed by atoms with E-state index < -0.39 is 0 Å². The number of thioether (sulfide) groups is 1. The van der Waals surface area contributed by atoms with Crippen molar-refractivity contribution in [1.82, 2.24) is 0 Å². The molecule has 2 aromatic rings. The van der Waals surface area contributed by atoms with Crippen LogP contribution in [-0.4, -0.2) is 11.3 Å². The maximum absolute atomic E-state index is 12.3. The summed E-state index contributed by atoms with van der Waals surface area (Å²) in [5.41, 5.74) is 8.47. The molecule has 2 aliphatic rings. The average molecular weight is 298 g/mol. The minimum Gasteiger partial charge on any atom is -0.426 e. The second-order valence-corrected chi connectivity index (χ2v) is 6.46. The molecular weight excluding hydrogens is 284 g/mol. The highest BCUT2D eigenvalue weighted by Gasteiger charge is 2.38. The predicted octanol–water partition coefficient (Wildman–Crippen LogP) is 2.89. The van der Waals surface area contributed by atoms with Crippen LogP contribution in [0.15, 0.2) is 47.4 Å².